The summed E-state index contributed by atoms with van der Waals surface area (Å²) in [4.78, 5) is 1.24. The Labute approximate surface area is 101 Å². The number of thiophene rings is 1. The molecule has 92 valence electrons. The van der Waals surface area contributed by atoms with Crippen molar-refractivity contribution in [3.8, 4) is 5.75 Å². The number of hydrogen-bond acceptors (Lipinski definition) is 4. The Kier molecular flexibility index (Phi) is 6.45. The van der Waals surface area contributed by atoms with Crippen LogP contribution in [0, 0.1) is 5.92 Å². The van der Waals surface area contributed by atoms with Crippen LogP contribution in [-0.2, 0) is 6.54 Å². The molecule has 0 aliphatic rings. The fraction of sp³-hybridized carbons (Fsp3) is 0.667. The highest BCUT2D eigenvalue weighted by Gasteiger charge is 2.07. The summed E-state index contributed by atoms with van der Waals surface area (Å²) in [7, 11) is 1.70. The van der Waals surface area contributed by atoms with Crippen molar-refractivity contribution in [3.63, 3.8) is 0 Å². The van der Waals surface area contributed by atoms with Crippen molar-refractivity contribution in [2.24, 2.45) is 5.92 Å². The van der Waals surface area contributed by atoms with E-state index >= 15 is 0 Å². The summed E-state index contributed by atoms with van der Waals surface area (Å²) < 4.78 is 5.25. The van der Waals surface area contributed by atoms with Crippen LogP contribution in [0.4, 0.5) is 0 Å². The fourth-order valence-electron chi connectivity index (χ4n) is 1.66. The van der Waals surface area contributed by atoms with Crippen molar-refractivity contribution in [2.45, 2.75) is 26.3 Å². The topological polar surface area (TPSA) is 41.5 Å². The van der Waals surface area contributed by atoms with Gasteiger partial charge in [-0.05, 0) is 30.3 Å². The van der Waals surface area contributed by atoms with E-state index in [1.165, 1.54) is 4.88 Å². The van der Waals surface area contributed by atoms with Gasteiger partial charge in [0.15, 0.2) is 0 Å². The maximum atomic E-state index is 8.89. The number of aliphatic hydroxyl groups is 1. The number of methoxy groups -OCH3 is 1. The van der Waals surface area contributed by atoms with Gasteiger partial charge in [-0.25, -0.2) is 0 Å². The molecule has 0 radical (unpaired) electrons. The van der Waals surface area contributed by atoms with E-state index < -0.39 is 0 Å². The molecule has 2 N–H and O–H groups in total. The standard InChI is InChI=1S/C12H21NO2S/c1-3-10(4-6-14)8-13-9-12-11(15-2)5-7-16-12/h5,7,10,13-14H,3-4,6,8-9H2,1-2H3. The zero-order valence-corrected chi connectivity index (χ0v) is 10.8. The van der Waals surface area contributed by atoms with Crippen LogP contribution in [0.3, 0.4) is 0 Å². The largest absolute Gasteiger partial charge is 0.496 e. The molecule has 16 heavy (non-hydrogen) atoms. The SMILES string of the molecule is CCC(CCO)CNCc1sccc1OC. The predicted molar refractivity (Wildman–Crippen MR) is 68.1 cm³/mol. The van der Waals surface area contributed by atoms with Crippen LogP contribution in [0.2, 0.25) is 0 Å². The molecule has 0 fully saturated rings. The summed E-state index contributed by atoms with van der Waals surface area (Å²) in [5.74, 6) is 1.53. The Hall–Kier alpha value is -0.580. The molecule has 1 aromatic heterocycles. The monoisotopic (exact) mass is 243 g/mol. The third-order valence-electron chi connectivity index (χ3n) is 2.76. The second kappa shape index (κ2) is 7.65. The van der Waals surface area contributed by atoms with Gasteiger partial charge in [-0.15, -0.1) is 11.3 Å². The van der Waals surface area contributed by atoms with Gasteiger partial charge in [0, 0.05) is 13.2 Å². The molecule has 0 saturated heterocycles. The number of nitrogens with one attached hydrogen (secondary N) is 1. The number of rotatable bonds is 8. The van der Waals surface area contributed by atoms with Crippen molar-refractivity contribution in [2.75, 3.05) is 20.3 Å². The Morgan fingerprint density at radius 2 is 2.38 bits per heavy atom. The molecule has 4 heteroatoms. The van der Waals surface area contributed by atoms with Gasteiger partial charge in [-0.2, -0.15) is 0 Å². The number of ether oxygens (including phenoxy) is 1. The van der Waals surface area contributed by atoms with E-state index in [1.807, 2.05) is 11.4 Å². The molecule has 3 nitrogen and oxygen atoms in total. The molecule has 0 aromatic carbocycles. The molecule has 1 aromatic rings. The van der Waals surface area contributed by atoms with Gasteiger partial charge >= 0.3 is 0 Å². The van der Waals surface area contributed by atoms with Crippen LogP contribution in [0.1, 0.15) is 24.6 Å². The first-order valence-corrected chi connectivity index (χ1v) is 6.61. The molecule has 1 heterocycles. The van der Waals surface area contributed by atoms with Crippen LogP contribution < -0.4 is 10.1 Å². The maximum absolute atomic E-state index is 8.89. The summed E-state index contributed by atoms with van der Waals surface area (Å²) in [6.07, 6.45) is 1.99. The highest BCUT2D eigenvalue weighted by atomic mass is 32.1. The Morgan fingerprint density at radius 1 is 1.56 bits per heavy atom. The Bertz CT molecular complexity index is 288. The first-order chi connectivity index (χ1) is 7.81. The van der Waals surface area contributed by atoms with Gasteiger partial charge in [-0.1, -0.05) is 13.3 Å². The third kappa shape index (κ3) is 4.12. The van der Waals surface area contributed by atoms with Gasteiger partial charge < -0.3 is 15.2 Å². The average molecular weight is 243 g/mol. The zero-order valence-electron chi connectivity index (χ0n) is 10.0. The van der Waals surface area contributed by atoms with E-state index in [4.69, 9.17) is 9.84 Å². The van der Waals surface area contributed by atoms with Crippen LogP contribution in [-0.4, -0.2) is 25.4 Å². The van der Waals surface area contributed by atoms with Gasteiger partial charge in [-0.3, -0.25) is 0 Å². The molecule has 0 aliphatic heterocycles. The van der Waals surface area contributed by atoms with E-state index in [-0.39, 0.29) is 6.61 Å². The quantitative estimate of drug-likeness (QED) is 0.736. The van der Waals surface area contributed by atoms with E-state index in [0.29, 0.717) is 5.92 Å². The molecule has 0 aliphatic carbocycles. The van der Waals surface area contributed by atoms with E-state index in [2.05, 4.69) is 12.2 Å². The molecule has 0 spiro atoms. The van der Waals surface area contributed by atoms with Gasteiger partial charge in [0.1, 0.15) is 5.75 Å². The number of aliphatic hydroxyl groups excluding tert-OH is 1. The highest BCUT2D eigenvalue weighted by Crippen LogP contribution is 2.24. The summed E-state index contributed by atoms with van der Waals surface area (Å²) in [6.45, 7) is 4.25. The summed E-state index contributed by atoms with van der Waals surface area (Å²) in [5, 5.41) is 14.3. The second-order valence-corrected chi connectivity index (χ2v) is 4.83. The molecule has 0 saturated carbocycles. The van der Waals surface area contributed by atoms with Crippen molar-refractivity contribution in [1.29, 1.82) is 0 Å². The Balaban J connectivity index is 2.29. The van der Waals surface area contributed by atoms with Crippen molar-refractivity contribution < 1.29 is 9.84 Å². The lowest BCUT2D eigenvalue weighted by atomic mass is 10.0. The normalized spacial score (nSPS) is 12.7. The molecule has 0 amide bonds. The van der Waals surface area contributed by atoms with E-state index in [1.54, 1.807) is 18.4 Å². The first-order valence-electron chi connectivity index (χ1n) is 5.73. The van der Waals surface area contributed by atoms with Crippen LogP contribution in [0.5, 0.6) is 5.75 Å². The third-order valence-corrected chi connectivity index (χ3v) is 3.66. The molecule has 1 unspecified atom stereocenters. The molecule has 0 bridgehead atoms. The van der Waals surface area contributed by atoms with Gasteiger partial charge in [0.25, 0.3) is 0 Å². The summed E-state index contributed by atoms with van der Waals surface area (Å²) >= 11 is 1.71. The lowest BCUT2D eigenvalue weighted by Crippen LogP contribution is -2.22. The van der Waals surface area contributed by atoms with Crippen LogP contribution in [0.15, 0.2) is 11.4 Å². The lowest BCUT2D eigenvalue weighted by Gasteiger charge is -2.14. The number of hydrogen-bond donors (Lipinski definition) is 2. The average Bonchev–Trinajstić information content (AvgIpc) is 2.75. The van der Waals surface area contributed by atoms with Gasteiger partial charge in [0.2, 0.25) is 0 Å². The summed E-state index contributed by atoms with van der Waals surface area (Å²) in [5.41, 5.74) is 0. The Morgan fingerprint density at radius 3 is 3.00 bits per heavy atom. The fourth-order valence-corrected chi connectivity index (χ4v) is 2.47. The minimum atomic E-state index is 0.280. The van der Waals surface area contributed by atoms with E-state index in [0.717, 1.165) is 31.7 Å². The first kappa shape index (κ1) is 13.5. The molecular formula is C12H21NO2S. The van der Waals surface area contributed by atoms with Crippen LogP contribution >= 0.6 is 11.3 Å². The van der Waals surface area contributed by atoms with Crippen molar-refractivity contribution in [1.82, 2.24) is 5.32 Å². The highest BCUT2D eigenvalue weighted by molar-refractivity contribution is 7.10. The van der Waals surface area contributed by atoms with E-state index in [9.17, 15) is 0 Å². The van der Waals surface area contributed by atoms with Crippen LogP contribution in [0.25, 0.3) is 0 Å². The molecule has 1 atom stereocenters. The second-order valence-electron chi connectivity index (χ2n) is 3.83. The van der Waals surface area contributed by atoms with Crippen molar-refractivity contribution >= 4 is 11.3 Å². The predicted octanol–water partition coefficient (Wildman–Crippen LogP) is 2.25. The molecular weight excluding hydrogens is 222 g/mol. The minimum Gasteiger partial charge on any atom is -0.496 e. The zero-order chi connectivity index (χ0) is 11.8. The lowest BCUT2D eigenvalue weighted by molar-refractivity contribution is 0.251. The smallest absolute Gasteiger partial charge is 0.134 e. The molecule has 1 rings (SSSR count). The summed E-state index contributed by atoms with van der Waals surface area (Å²) in [6, 6.07) is 1.99. The van der Waals surface area contributed by atoms with Crippen molar-refractivity contribution in [3.05, 3.63) is 16.3 Å². The maximum Gasteiger partial charge on any atom is 0.134 e. The van der Waals surface area contributed by atoms with Gasteiger partial charge in [0.05, 0.1) is 12.0 Å². The minimum absolute atomic E-state index is 0.280.